The van der Waals surface area contributed by atoms with Gasteiger partial charge in [-0.25, -0.2) is 13.8 Å². The zero-order valence-corrected chi connectivity index (χ0v) is 21.3. The molecular formula is C25H26BrN3O4S. The van der Waals surface area contributed by atoms with E-state index in [-0.39, 0.29) is 11.4 Å². The Morgan fingerprint density at radius 3 is 2.41 bits per heavy atom. The van der Waals surface area contributed by atoms with Gasteiger partial charge in [0, 0.05) is 16.6 Å². The molecule has 0 saturated heterocycles. The Balaban J connectivity index is 1.78. The third kappa shape index (κ3) is 6.99. The van der Waals surface area contributed by atoms with Crippen molar-refractivity contribution in [2.24, 2.45) is 5.10 Å². The molecule has 7 nitrogen and oxygen atoms in total. The monoisotopic (exact) mass is 543 g/mol. The average Bonchev–Trinajstić information content (AvgIpc) is 2.81. The molecule has 3 aromatic carbocycles. The molecule has 3 rings (SSSR count). The summed E-state index contributed by atoms with van der Waals surface area (Å²) in [4.78, 5) is 12.8. The maximum Gasteiger partial charge on any atom is 0.255 e. The summed E-state index contributed by atoms with van der Waals surface area (Å²) in [6.45, 7) is 3.98. The van der Waals surface area contributed by atoms with Crippen LogP contribution >= 0.6 is 15.9 Å². The van der Waals surface area contributed by atoms with Gasteiger partial charge in [0.25, 0.3) is 5.91 Å². The molecule has 3 aromatic rings. The van der Waals surface area contributed by atoms with Gasteiger partial charge in [0.2, 0.25) is 10.0 Å². The number of nitrogens with zero attached hydrogens (tertiary/aromatic N) is 2. The van der Waals surface area contributed by atoms with Gasteiger partial charge in [0.05, 0.1) is 24.3 Å². The first-order chi connectivity index (χ1) is 16.3. The van der Waals surface area contributed by atoms with E-state index in [2.05, 4.69) is 26.5 Å². The van der Waals surface area contributed by atoms with Gasteiger partial charge in [0.1, 0.15) is 5.75 Å². The Morgan fingerprint density at radius 1 is 1.06 bits per heavy atom. The zero-order valence-electron chi connectivity index (χ0n) is 18.9. The summed E-state index contributed by atoms with van der Waals surface area (Å²) in [5, 5.41) is 3.99. The Bertz CT molecular complexity index is 1240. The minimum atomic E-state index is -3.93. The minimum Gasteiger partial charge on any atom is -0.493 e. The molecule has 0 spiro atoms. The van der Waals surface area contributed by atoms with Crippen LogP contribution in [0.1, 0.15) is 23.6 Å². The topological polar surface area (TPSA) is 88.1 Å². The quantitative estimate of drug-likeness (QED) is 0.301. The Kier molecular flexibility index (Phi) is 8.98. The smallest absolute Gasteiger partial charge is 0.255 e. The predicted molar refractivity (Wildman–Crippen MR) is 136 cm³/mol. The third-order valence-electron chi connectivity index (χ3n) is 4.86. The van der Waals surface area contributed by atoms with Crippen molar-refractivity contribution in [1.29, 1.82) is 0 Å². The molecule has 178 valence electrons. The first-order valence-corrected chi connectivity index (χ1v) is 12.9. The van der Waals surface area contributed by atoms with Crippen LogP contribution in [0.25, 0.3) is 0 Å². The van der Waals surface area contributed by atoms with Crippen molar-refractivity contribution in [3.8, 4) is 5.75 Å². The Morgan fingerprint density at radius 2 is 1.74 bits per heavy atom. The van der Waals surface area contributed by atoms with Gasteiger partial charge in [0.15, 0.2) is 0 Å². The number of carbonyl (C=O) groups is 1. The van der Waals surface area contributed by atoms with Crippen molar-refractivity contribution in [2.45, 2.75) is 25.3 Å². The Hall–Kier alpha value is -3.01. The van der Waals surface area contributed by atoms with Gasteiger partial charge >= 0.3 is 0 Å². The summed E-state index contributed by atoms with van der Waals surface area (Å²) in [5.41, 5.74) is 4.95. The number of amides is 1. The van der Waals surface area contributed by atoms with Crippen LogP contribution in [-0.4, -0.2) is 38.0 Å². The van der Waals surface area contributed by atoms with Gasteiger partial charge in [-0.15, -0.1) is 0 Å². The van der Waals surface area contributed by atoms with E-state index in [1.54, 1.807) is 18.2 Å². The molecule has 0 bridgehead atoms. The highest BCUT2D eigenvalue weighted by atomic mass is 79.9. The molecule has 0 aliphatic rings. The fourth-order valence-corrected chi connectivity index (χ4v) is 4.77. The summed E-state index contributed by atoms with van der Waals surface area (Å²) in [6, 6.07) is 21.1. The van der Waals surface area contributed by atoms with E-state index in [4.69, 9.17) is 4.74 Å². The number of para-hydroxylation sites is 1. The van der Waals surface area contributed by atoms with E-state index in [0.29, 0.717) is 17.9 Å². The van der Waals surface area contributed by atoms with E-state index in [9.17, 15) is 13.2 Å². The molecule has 0 fully saturated rings. The highest BCUT2D eigenvalue weighted by Crippen LogP contribution is 2.21. The molecule has 9 heteroatoms. The summed E-state index contributed by atoms with van der Waals surface area (Å²) in [7, 11) is -3.93. The standard InChI is InChI=1S/C25H26BrN3O4S/c1-3-33-24-7-5-4-6-21(24)16-27-28-25(30)18-29(17-20-10-8-19(2)9-11-20)34(31,32)23-14-12-22(26)13-15-23/h4-16H,3,17-18H2,1-2H3,(H,28,30)/b27-16-. The molecule has 0 unspecified atom stereocenters. The van der Waals surface area contributed by atoms with Crippen LogP contribution in [-0.2, 0) is 21.4 Å². The molecule has 0 heterocycles. The van der Waals surface area contributed by atoms with E-state index in [1.807, 2.05) is 56.3 Å². The van der Waals surface area contributed by atoms with Crippen LogP contribution in [0.3, 0.4) is 0 Å². The number of hydrazone groups is 1. The number of hydrogen-bond donors (Lipinski definition) is 1. The fraction of sp³-hybridized carbons (Fsp3) is 0.200. The maximum absolute atomic E-state index is 13.3. The van der Waals surface area contributed by atoms with Crippen molar-refractivity contribution < 1.29 is 17.9 Å². The van der Waals surface area contributed by atoms with Crippen LogP contribution in [0.2, 0.25) is 0 Å². The van der Waals surface area contributed by atoms with Crippen LogP contribution in [0.4, 0.5) is 0 Å². The number of nitrogens with one attached hydrogen (secondary N) is 1. The highest BCUT2D eigenvalue weighted by molar-refractivity contribution is 9.10. The van der Waals surface area contributed by atoms with Crippen LogP contribution in [0.15, 0.2) is 87.3 Å². The molecule has 1 N–H and O–H groups in total. The van der Waals surface area contributed by atoms with Gasteiger partial charge < -0.3 is 4.74 Å². The summed E-state index contributed by atoms with van der Waals surface area (Å²) >= 11 is 3.32. The van der Waals surface area contributed by atoms with Gasteiger partial charge in [-0.1, -0.05) is 57.9 Å². The number of benzene rings is 3. The lowest BCUT2D eigenvalue weighted by atomic mass is 10.1. The number of aryl methyl sites for hydroxylation is 1. The molecule has 0 atom stereocenters. The number of ether oxygens (including phenoxy) is 1. The van der Waals surface area contributed by atoms with Crippen molar-refractivity contribution in [2.75, 3.05) is 13.2 Å². The number of carbonyl (C=O) groups excluding carboxylic acids is 1. The molecule has 0 aromatic heterocycles. The summed E-state index contributed by atoms with van der Waals surface area (Å²) < 4.78 is 34.1. The largest absolute Gasteiger partial charge is 0.493 e. The van der Waals surface area contributed by atoms with Gasteiger partial charge in [-0.05, 0) is 55.8 Å². The molecule has 0 saturated carbocycles. The van der Waals surface area contributed by atoms with E-state index < -0.39 is 22.5 Å². The SMILES string of the molecule is CCOc1ccccc1/C=N\NC(=O)CN(Cc1ccc(C)cc1)S(=O)(=O)c1ccc(Br)cc1. The second-order valence-corrected chi connectivity index (χ2v) is 10.3. The first-order valence-electron chi connectivity index (χ1n) is 10.6. The second kappa shape index (κ2) is 11.9. The van der Waals surface area contributed by atoms with E-state index in [1.165, 1.54) is 18.3 Å². The predicted octanol–water partition coefficient (Wildman–Crippen LogP) is 4.50. The summed E-state index contributed by atoms with van der Waals surface area (Å²) in [5.74, 6) is 0.0831. The molecular weight excluding hydrogens is 518 g/mol. The van der Waals surface area contributed by atoms with Gasteiger partial charge in [-0.2, -0.15) is 9.41 Å². The van der Waals surface area contributed by atoms with Crippen LogP contribution in [0.5, 0.6) is 5.75 Å². The lowest BCUT2D eigenvalue weighted by Gasteiger charge is -2.21. The van der Waals surface area contributed by atoms with Crippen molar-refractivity contribution in [1.82, 2.24) is 9.73 Å². The molecule has 0 radical (unpaired) electrons. The zero-order chi connectivity index (χ0) is 24.6. The van der Waals surface area contributed by atoms with E-state index >= 15 is 0 Å². The minimum absolute atomic E-state index is 0.0446. The summed E-state index contributed by atoms with van der Waals surface area (Å²) in [6.07, 6.45) is 1.47. The lowest BCUT2D eigenvalue weighted by Crippen LogP contribution is -2.39. The average molecular weight is 544 g/mol. The van der Waals surface area contributed by atoms with E-state index in [0.717, 1.165) is 19.9 Å². The third-order valence-corrected chi connectivity index (χ3v) is 7.20. The highest BCUT2D eigenvalue weighted by Gasteiger charge is 2.27. The first kappa shape index (κ1) is 25.6. The van der Waals surface area contributed by atoms with Gasteiger partial charge in [-0.3, -0.25) is 4.79 Å². The second-order valence-electron chi connectivity index (χ2n) is 7.48. The molecule has 0 aliphatic carbocycles. The van der Waals surface area contributed by atoms with Crippen molar-refractivity contribution in [3.05, 3.63) is 94.0 Å². The lowest BCUT2D eigenvalue weighted by molar-refractivity contribution is -0.121. The normalized spacial score (nSPS) is 11.6. The van der Waals surface area contributed by atoms with Crippen molar-refractivity contribution in [3.63, 3.8) is 0 Å². The molecule has 0 aliphatic heterocycles. The fourth-order valence-electron chi connectivity index (χ4n) is 3.12. The number of hydrogen-bond acceptors (Lipinski definition) is 5. The number of halogens is 1. The van der Waals surface area contributed by atoms with Crippen LogP contribution < -0.4 is 10.2 Å². The van der Waals surface area contributed by atoms with Crippen LogP contribution in [0, 0.1) is 6.92 Å². The molecule has 34 heavy (non-hydrogen) atoms. The Labute approximate surface area is 208 Å². The van der Waals surface area contributed by atoms with Crippen molar-refractivity contribution >= 4 is 38.1 Å². The number of rotatable bonds is 10. The molecule has 1 amide bonds. The number of sulfonamides is 1. The maximum atomic E-state index is 13.3.